The Morgan fingerprint density at radius 2 is 1.50 bits per heavy atom. The van der Waals surface area contributed by atoms with Crippen LogP contribution in [-0.2, 0) is 22.4 Å². The van der Waals surface area contributed by atoms with Gasteiger partial charge in [-0.1, -0.05) is 48.5 Å². The molecule has 0 aliphatic carbocycles. The number of carbonyl (C=O) groups excluding carboxylic acids is 2. The van der Waals surface area contributed by atoms with Crippen LogP contribution in [0.2, 0.25) is 0 Å². The Kier molecular flexibility index (Phi) is 7.96. The zero-order chi connectivity index (χ0) is 19.2. The highest BCUT2D eigenvalue weighted by Gasteiger charge is 2.27. The second-order valence-electron chi connectivity index (χ2n) is 6.77. The number of nitrogens with zero attached hydrogens (tertiary/aromatic N) is 2. The number of piperazine rings is 1. The Hall–Kier alpha value is -2.44. The van der Waals surface area contributed by atoms with Crippen LogP contribution in [0.1, 0.15) is 11.1 Å². The van der Waals surface area contributed by atoms with Crippen LogP contribution in [0.5, 0.6) is 0 Å². The van der Waals surface area contributed by atoms with Crippen molar-refractivity contribution < 1.29 is 14.0 Å². The van der Waals surface area contributed by atoms with Crippen molar-refractivity contribution in [2.24, 2.45) is 5.73 Å². The average molecular weight is 406 g/mol. The Labute approximate surface area is 170 Å². The summed E-state index contributed by atoms with van der Waals surface area (Å²) in [6, 6.07) is 15.4. The SMILES string of the molecule is Cl.N[C@@H](Cc1ccccc1)C(=O)N1CCN(C(=O)Cc2ccccc2F)CC1. The van der Waals surface area contributed by atoms with Crippen molar-refractivity contribution in [1.29, 1.82) is 0 Å². The lowest BCUT2D eigenvalue weighted by Gasteiger charge is -2.36. The van der Waals surface area contributed by atoms with Crippen LogP contribution >= 0.6 is 12.4 Å². The minimum absolute atomic E-state index is 0. The van der Waals surface area contributed by atoms with Gasteiger partial charge in [0, 0.05) is 26.2 Å². The first-order valence-electron chi connectivity index (χ1n) is 9.14. The van der Waals surface area contributed by atoms with Crippen molar-refractivity contribution in [2.45, 2.75) is 18.9 Å². The van der Waals surface area contributed by atoms with Crippen molar-refractivity contribution in [3.05, 3.63) is 71.5 Å². The fourth-order valence-electron chi connectivity index (χ4n) is 3.28. The summed E-state index contributed by atoms with van der Waals surface area (Å²) in [5.74, 6) is -0.590. The first-order chi connectivity index (χ1) is 13.0. The normalized spacial score (nSPS) is 14.9. The molecular formula is C21H25ClFN3O2. The van der Waals surface area contributed by atoms with Crippen LogP contribution in [0.4, 0.5) is 4.39 Å². The third-order valence-corrected chi connectivity index (χ3v) is 4.86. The van der Waals surface area contributed by atoms with E-state index in [0.717, 1.165) is 5.56 Å². The third kappa shape index (κ3) is 5.53. The molecule has 0 radical (unpaired) electrons. The summed E-state index contributed by atoms with van der Waals surface area (Å²) in [6.07, 6.45) is 0.528. The molecule has 1 heterocycles. The molecule has 1 fully saturated rings. The van der Waals surface area contributed by atoms with Crippen molar-refractivity contribution in [3.63, 3.8) is 0 Å². The number of hydrogen-bond acceptors (Lipinski definition) is 3. The molecule has 0 aromatic heterocycles. The zero-order valence-corrected chi connectivity index (χ0v) is 16.4. The molecule has 0 saturated carbocycles. The highest BCUT2D eigenvalue weighted by atomic mass is 35.5. The smallest absolute Gasteiger partial charge is 0.239 e. The van der Waals surface area contributed by atoms with Crippen LogP contribution < -0.4 is 5.73 Å². The van der Waals surface area contributed by atoms with Crippen molar-refractivity contribution in [3.8, 4) is 0 Å². The molecule has 7 heteroatoms. The number of benzene rings is 2. The summed E-state index contributed by atoms with van der Waals surface area (Å²) in [5, 5.41) is 0. The Morgan fingerprint density at radius 1 is 0.929 bits per heavy atom. The molecule has 1 saturated heterocycles. The lowest BCUT2D eigenvalue weighted by molar-refractivity contribution is -0.140. The first-order valence-corrected chi connectivity index (χ1v) is 9.14. The van der Waals surface area contributed by atoms with Crippen LogP contribution in [0.3, 0.4) is 0 Å². The van der Waals surface area contributed by atoms with E-state index < -0.39 is 6.04 Å². The molecule has 3 rings (SSSR count). The highest BCUT2D eigenvalue weighted by molar-refractivity contribution is 5.85. The molecule has 2 amide bonds. The summed E-state index contributed by atoms with van der Waals surface area (Å²) < 4.78 is 13.7. The molecule has 0 spiro atoms. The third-order valence-electron chi connectivity index (χ3n) is 4.86. The number of rotatable bonds is 5. The zero-order valence-electron chi connectivity index (χ0n) is 15.6. The van der Waals surface area contributed by atoms with Gasteiger partial charge in [0.05, 0.1) is 12.5 Å². The second-order valence-corrected chi connectivity index (χ2v) is 6.77. The number of nitrogens with two attached hydrogens (primary N) is 1. The van der Waals surface area contributed by atoms with Gasteiger partial charge in [-0.05, 0) is 23.6 Å². The van der Waals surface area contributed by atoms with Gasteiger partial charge in [0.1, 0.15) is 5.82 Å². The Balaban J connectivity index is 0.00000280. The van der Waals surface area contributed by atoms with E-state index in [-0.39, 0.29) is 36.5 Å². The number of halogens is 2. The monoisotopic (exact) mass is 405 g/mol. The van der Waals surface area contributed by atoms with E-state index in [9.17, 15) is 14.0 Å². The molecule has 5 nitrogen and oxygen atoms in total. The molecule has 1 atom stereocenters. The van der Waals surface area contributed by atoms with Gasteiger partial charge in [0.15, 0.2) is 0 Å². The van der Waals surface area contributed by atoms with Gasteiger partial charge in [-0.3, -0.25) is 9.59 Å². The van der Waals surface area contributed by atoms with Gasteiger partial charge in [-0.2, -0.15) is 0 Å². The quantitative estimate of drug-likeness (QED) is 0.827. The first kappa shape index (κ1) is 21.9. The van der Waals surface area contributed by atoms with Crippen molar-refractivity contribution in [1.82, 2.24) is 9.80 Å². The fraction of sp³-hybridized carbons (Fsp3) is 0.333. The summed E-state index contributed by atoms with van der Waals surface area (Å²) in [5.41, 5.74) is 7.50. The highest BCUT2D eigenvalue weighted by Crippen LogP contribution is 2.12. The standard InChI is InChI=1S/C21H24FN3O2.ClH/c22-18-9-5-4-8-17(18)15-20(26)24-10-12-25(13-11-24)21(27)19(23)14-16-6-2-1-3-7-16;/h1-9,19H,10-15,23H2;1H/t19-;/m0./s1. The Morgan fingerprint density at radius 3 is 2.14 bits per heavy atom. The molecule has 1 aliphatic heterocycles. The van der Waals surface area contributed by atoms with Gasteiger partial charge < -0.3 is 15.5 Å². The molecule has 2 aromatic rings. The predicted molar refractivity (Wildman–Crippen MR) is 109 cm³/mol. The number of amides is 2. The van der Waals surface area contributed by atoms with E-state index in [4.69, 9.17) is 5.73 Å². The minimum Gasteiger partial charge on any atom is -0.339 e. The molecule has 1 aliphatic rings. The lowest BCUT2D eigenvalue weighted by atomic mass is 10.1. The van der Waals surface area contributed by atoms with Crippen LogP contribution in [0.15, 0.2) is 54.6 Å². The second kappa shape index (κ2) is 10.2. The van der Waals surface area contributed by atoms with Gasteiger partial charge in [0.2, 0.25) is 11.8 Å². The number of carbonyl (C=O) groups is 2. The molecule has 150 valence electrons. The predicted octanol–water partition coefficient (Wildman–Crippen LogP) is 2.03. The topological polar surface area (TPSA) is 66.6 Å². The summed E-state index contributed by atoms with van der Waals surface area (Å²) in [7, 11) is 0. The van der Waals surface area contributed by atoms with Gasteiger partial charge in [0.25, 0.3) is 0 Å². The number of hydrogen-bond donors (Lipinski definition) is 1. The maximum atomic E-state index is 13.7. The van der Waals surface area contributed by atoms with Gasteiger partial charge >= 0.3 is 0 Å². The maximum absolute atomic E-state index is 13.7. The molecule has 2 aromatic carbocycles. The summed E-state index contributed by atoms with van der Waals surface area (Å²) in [6.45, 7) is 1.78. The van der Waals surface area contributed by atoms with Crippen molar-refractivity contribution in [2.75, 3.05) is 26.2 Å². The van der Waals surface area contributed by atoms with Crippen LogP contribution in [0.25, 0.3) is 0 Å². The average Bonchev–Trinajstić information content (AvgIpc) is 2.70. The van der Waals surface area contributed by atoms with Crippen molar-refractivity contribution >= 4 is 24.2 Å². The van der Waals surface area contributed by atoms with Gasteiger partial charge in [-0.25, -0.2) is 4.39 Å². The summed E-state index contributed by atoms with van der Waals surface area (Å²) >= 11 is 0. The molecule has 2 N–H and O–H groups in total. The summed E-state index contributed by atoms with van der Waals surface area (Å²) in [4.78, 5) is 28.4. The minimum atomic E-state index is -0.590. The van der Waals surface area contributed by atoms with Gasteiger partial charge in [-0.15, -0.1) is 12.4 Å². The van der Waals surface area contributed by atoms with E-state index in [1.54, 1.807) is 28.0 Å². The molecule has 0 bridgehead atoms. The molecular weight excluding hydrogens is 381 g/mol. The maximum Gasteiger partial charge on any atom is 0.239 e. The van der Waals surface area contributed by atoms with E-state index in [1.807, 2.05) is 30.3 Å². The van der Waals surface area contributed by atoms with E-state index in [0.29, 0.717) is 38.2 Å². The van der Waals surface area contributed by atoms with E-state index >= 15 is 0 Å². The Bertz CT molecular complexity index is 795. The lowest BCUT2D eigenvalue weighted by Crippen LogP contribution is -2.55. The fourth-order valence-corrected chi connectivity index (χ4v) is 3.28. The van der Waals surface area contributed by atoms with E-state index in [2.05, 4.69) is 0 Å². The van der Waals surface area contributed by atoms with Crippen LogP contribution in [-0.4, -0.2) is 53.8 Å². The van der Waals surface area contributed by atoms with E-state index in [1.165, 1.54) is 6.07 Å². The largest absolute Gasteiger partial charge is 0.339 e. The molecule has 28 heavy (non-hydrogen) atoms. The van der Waals surface area contributed by atoms with Crippen LogP contribution in [0, 0.1) is 5.82 Å². The molecule has 0 unspecified atom stereocenters.